The minimum atomic E-state index is -0.544. The molecule has 7 heteroatoms. The van der Waals surface area contributed by atoms with E-state index in [2.05, 4.69) is 5.32 Å². The van der Waals surface area contributed by atoms with E-state index in [9.17, 15) is 14.9 Å². The van der Waals surface area contributed by atoms with Crippen LogP contribution in [0.15, 0.2) is 18.2 Å². The maximum Gasteiger partial charge on any atom is 0.310 e. The van der Waals surface area contributed by atoms with Crippen LogP contribution in [0.4, 0.5) is 5.69 Å². The fourth-order valence-corrected chi connectivity index (χ4v) is 2.76. The van der Waals surface area contributed by atoms with Gasteiger partial charge in [0.1, 0.15) is 0 Å². The molecular weight excluding hydrogens is 286 g/mol. The van der Waals surface area contributed by atoms with Gasteiger partial charge in [0.15, 0.2) is 5.75 Å². The number of nitrogens with one attached hydrogen (secondary N) is 1. The Labute approximate surface area is 129 Å². The van der Waals surface area contributed by atoms with Gasteiger partial charge in [0.2, 0.25) is 0 Å². The molecule has 1 amide bonds. The number of carbonyl (C=O) groups excluding carboxylic acids is 1. The van der Waals surface area contributed by atoms with Crippen molar-refractivity contribution in [1.82, 2.24) is 5.32 Å². The average Bonchev–Trinajstić information content (AvgIpc) is 2.52. The van der Waals surface area contributed by atoms with Crippen molar-refractivity contribution in [2.75, 3.05) is 13.7 Å². The number of amides is 1. The van der Waals surface area contributed by atoms with E-state index in [1.807, 2.05) is 0 Å². The Bertz CT molecular complexity index is 568. The Hall–Kier alpha value is -2.15. The van der Waals surface area contributed by atoms with E-state index in [1.54, 1.807) is 0 Å². The first kappa shape index (κ1) is 16.2. The highest BCUT2D eigenvalue weighted by molar-refractivity contribution is 5.95. The highest BCUT2D eigenvalue weighted by Gasteiger charge is 2.28. The standard InChI is InChI=1S/C15H21N3O4/c1-22-13-9-11(5-6-12(13)18(20)21)14(19)17-10-15(16)7-3-2-4-8-15/h5-6,9H,2-4,7-8,10,16H2,1H3,(H,17,19). The second kappa shape index (κ2) is 6.74. The van der Waals surface area contributed by atoms with Crippen molar-refractivity contribution in [2.45, 2.75) is 37.6 Å². The molecular formula is C15H21N3O4. The summed E-state index contributed by atoms with van der Waals surface area (Å²) in [5.41, 5.74) is 6.08. The first-order chi connectivity index (χ1) is 10.4. The second-order valence-electron chi connectivity index (χ2n) is 5.75. The highest BCUT2D eigenvalue weighted by Crippen LogP contribution is 2.28. The van der Waals surface area contributed by atoms with Gasteiger partial charge in [0, 0.05) is 29.8 Å². The van der Waals surface area contributed by atoms with E-state index in [0.29, 0.717) is 12.1 Å². The van der Waals surface area contributed by atoms with Crippen molar-refractivity contribution in [1.29, 1.82) is 0 Å². The van der Waals surface area contributed by atoms with Gasteiger partial charge in [-0.05, 0) is 18.9 Å². The number of nitro benzene ring substituents is 1. The summed E-state index contributed by atoms with van der Waals surface area (Å²) in [5.74, 6) is -0.235. The molecule has 2 rings (SSSR count). The molecule has 0 heterocycles. The summed E-state index contributed by atoms with van der Waals surface area (Å²) in [4.78, 5) is 22.5. The lowest BCUT2D eigenvalue weighted by atomic mass is 9.82. The van der Waals surface area contributed by atoms with Crippen LogP contribution in [0, 0.1) is 10.1 Å². The number of nitrogens with zero attached hydrogens (tertiary/aromatic N) is 1. The number of hydrogen-bond acceptors (Lipinski definition) is 5. The highest BCUT2D eigenvalue weighted by atomic mass is 16.6. The third-order valence-electron chi connectivity index (χ3n) is 4.09. The molecule has 1 aromatic rings. The van der Waals surface area contributed by atoms with Gasteiger partial charge in [0.05, 0.1) is 12.0 Å². The minimum absolute atomic E-state index is 0.0674. The van der Waals surface area contributed by atoms with E-state index in [1.165, 1.54) is 31.7 Å². The summed E-state index contributed by atoms with van der Waals surface area (Å²) >= 11 is 0. The molecule has 0 spiro atoms. The van der Waals surface area contributed by atoms with Gasteiger partial charge in [-0.25, -0.2) is 0 Å². The second-order valence-corrected chi connectivity index (χ2v) is 5.75. The van der Waals surface area contributed by atoms with Gasteiger partial charge >= 0.3 is 5.69 Å². The van der Waals surface area contributed by atoms with Crippen molar-refractivity contribution < 1.29 is 14.5 Å². The first-order valence-corrected chi connectivity index (χ1v) is 7.35. The van der Waals surface area contributed by atoms with Gasteiger partial charge in [-0.15, -0.1) is 0 Å². The van der Waals surface area contributed by atoms with Crippen molar-refractivity contribution in [3.05, 3.63) is 33.9 Å². The summed E-state index contributed by atoms with van der Waals surface area (Å²) in [5, 5.41) is 13.7. The molecule has 0 aromatic heterocycles. The minimum Gasteiger partial charge on any atom is -0.490 e. The number of ether oxygens (including phenoxy) is 1. The predicted octanol–water partition coefficient (Wildman–Crippen LogP) is 1.99. The molecule has 0 bridgehead atoms. The number of rotatable bonds is 5. The predicted molar refractivity (Wildman–Crippen MR) is 82.0 cm³/mol. The van der Waals surface area contributed by atoms with Gasteiger partial charge in [0.25, 0.3) is 5.91 Å². The molecule has 120 valence electrons. The largest absolute Gasteiger partial charge is 0.490 e. The van der Waals surface area contributed by atoms with Crippen molar-refractivity contribution >= 4 is 11.6 Å². The average molecular weight is 307 g/mol. The van der Waals surface area contributed by atoms with Gasteiger partial charge in [-0.3, -0.25) is 14.9 Å². The molecule has 3 N–H and O–H groups in total. The smallest absolute Gasteiger partial charge is 0.310 e. The van der Waals surface area contributed by atoms with Crippen LogP contribution in [-0.4, -0.2) is 30.0 Å². The van der Waals surface area contributed by atoms with E-state index >= 15 is 0 Å². The zero-order valence-electron chi connectivity index (χ0n) is 12.6. The maximum absolute atomic E-state index is 12.2. The zero-order valence-corrected chi connectivity index (χ0v) is 12.6. The van der Waals surface area contributed by atoms with Crippen molar-refractivity contribution in [3.63, 3.8) is 0 Å². The normalized spacial score (nSPS) is 16.8. The molecule has 0 atom stereocenters. The fourth-order valence-electron chi connectivity index (χ4n) is 2.76. The maximum atomic E-state index is 12.2. The molecule has 22 heavy (non-hydrogen) atoms. The lowest BCUT2D eigenvalue weighted by Gasteiger charge is -2.33. The molecule has 1 aromatic carbocycles. The molecule has 0 aliphatic heterocycles. The van der Waals surface area contributed by atoms with E-state index < -0.39 is 4.92 Å². The fraction of sp³-hybridized carbons (Fsp3) is 0.533. The Morgan fingerprint density at radius 3 is 2.68 bits per heavy atom. The SMILES string of the molecule is COc1cc(C(=O)NCC2(N)CCCCC2)ccc1[N+](=O)[O-]. The van der Waals surface area contributed by atoms with Crippen LogP contribution >= 0.6 is 0 Å². The quantitative estimate of drug-likeness (QED) is 0.639. The van der Waals surface area contributed by atoms with E-state index in [0.717, 1.165) is 25.7 Å². The lowest BCUT2D eigenvalue weighted by molar-refractivity contribution is -0.385. The van der Waals surface area contributed by atoms with Crippen molar-refractivity contribution in [2.24, 2.45) is 5.73 Å². The number of hydrogen-bond donors (Lipinski definition) is 2. The summed E-state index contributed by atoms with van der Waals surface area (Å²) in [6.07, 6.45) is 5.15. The van der Waals surface area contributed by atoms with Gasteiger partial charge in [-0.1, -0.05) is 19.3 Å². The third-order valence-corrected chi connectivity index (χ3v) is 4.09. The summed E-state index contributed by atoms with van der Waals surface area (Å²) < 4.78 is 4.97. The lowest BCUT2D eigenvalue weighted by Crippen LogP contribution is -2.51. The third kappa shape index (κ3) is 3.73. The van der Waals surface area contributed by atoms with Crippen LogP contribution < -0.4 is 15.8 Å². The Balaban J connectivity index is 2.04. The monoisotopic (exact) mass is 307 g/mol. The van der Waals surface area contributed by atoms with Crippen LogP contribution in [0.3, 0.4) is 0 Å². The number of carbonyl (C=O) groups is 1. The molecule has 7 nitrogen and oxygen atoms in total. The molecule has 1 aliphatic carbocycles. The van der Waals surface area contributed by atoms with Gasteiger partial charge in [-0.2, -0.15) is 0 Å². The molecule has 1 saturated carbocycles. The van der Waals surface area contributed by atoms with Gasteiger partial charge < -0.3 is 15.8 Å². The van der Waals surface area contributed by atoms with Crippen molar-refractivity contribution in [3.8, 4) is 5.75 Å². The van der Waals surface area contributed by atoms with Crippen LogP contribution in [0.25, 0.3) is 0 Å². The molecule has 1 fully saturated rings. The first-order valence-electron chi connectivity index (χ1n) is 7.35. The number of nitro groups is 1. The Kier molecular flexibility index (Phi) is 4.97. The summed E-state index contributed by atoms with van der Waals surface area (Å²) in [6, 6.07) is 4.06. The molecule has 1 aliphatic rings. The molecule has 0 unspecified atom stereocenters. The van der Waals surface area contributed by atoms with Crippen LogP contribution in [0.2, 0.25) is 0 Å². The number of nitrogens with two attached hydrogens (primary N) is 1. The Morgan fingerprint density at radius 2 is 2.09 bits per heavy atom. The Morgan fingerprint density at radius 1 is 1.41 bits per heavy atom. The molecule has 0 radical (unpaired) electrons. The topological polar surface area (TPSA) is 107 Å². The number of methoxy groups -OCH3 is 1. The van der Waals surface area contributed by atoms with Crippen LogP contribution in [0.5, 0.6) is 5.75 Å². The summed E-state index contributed by atoms with van der Waals surface area (Å²) in [6.45, 7) is 0.408. The van der Waals surface area contributed by atoms with E-state index in [-0.39, 0.29) is 22.9 Å². The zero-order chi connectivity index (χ0) is 16.2. The van der Waals surface area contributed by atoms with Crippen LogP contribution in [-0.2, 0) is 0 Å². The van der Waals surface area contributed by atoms with E-state index in [4.69, 9.17) is 10.5 Å². The molecule has 0 saturated heterocycles. The summed E-state index contributed by atoms with van der Waals surface area (Å²) in [7, 11) is 1.33. The van der Waals surface area contributed by atoms with Crippen LogP contribution in [0.1, 0.15) is 42.5 Å². The number of benzene rings is 1.